The van der Waals surface area contributed by atoms with Gasteiger partial charge in [0.05, 0.1) is 11.9 Å². The summed E-state index contributed by atoms with van der Waals surface area (Å²) in [7, 11) is 0. The molecule has 0 radical (unpaired) electrons. The molecule has 0 aliphatic heterocycles. The zero-order valence-electron chi connectivity index (χ0n) is 10.0. The molecule has 96 valence electrons. The summed E-state index contributed by atoms with van der Waals surface area (Å²) in [5.41, 5.74) is 9.00. The summed E-state index contributed by atoms with van der Waals surface area (Å²) >= 11 is 3.24. The van der Waals surface area contributed by atoms with Crippen molar-refractivity contribution in [1.29, 1.82) is 0 Å². The van der Waals surface area contributed by atoms with Crippen LogP contribution in [0, 0.1) is 0 Å². The first-order valence-corrected chi connectivity index (χ1v) is 6.57. The molecule has 2 N–H and O–H groups in total. The number of rotatable bonds is 3. The van der Waals surface area contributed by atoms with Crippen LogP contribution in [0.3, 0.4) is 0 Å². The van der Waals surface area contributed by atoms with Crippen LogP contribution in [0.2, 0.25) is 0 Å². The van der Waals surface area contributed by atoms with Crippen molar-refractivity contribution in [2.24, 2.45) is 0 Å². The van der Waals surface area contributed by atoms with Gasteiger partial charge in [-0.2, -0.15) is 0 Å². The number of nitrogens with zero attached hydrogens (tertiary/aromatic N) is 3. The van der Waals surface area contributed by atoms with E-state index in [2.05, 4.69) is 43.0 Å². The van der Waals surface area contributed by atoms with Gasteiger partial charge in [0, 0.05) is 18.2 Å². The summed E-state index contributed by atoms with van der Waals surface area (Å²) in [5.74, 6) is 0.617. The quantitative estimate of drug-likeness (QED) is 0.940. The fraction of sp³-hybridized carbons (Fsp3) is 0.154. The summed E-state index contributed by atoms with van der Waals surface area (Å²) in [4.78, 5) is 12.5. The molecular formula is C13H11BrN4O. The average Bonchev–Trinajstić information content (AvgIpc) is 2.88. The van der Waals surface area contributed by atoms with E-state index in [9.17, 15) is 0 Å². The van der Waals surface area contributed by atoms with E-state index in [1.54, 1.807) is 6.20 Å². The Labute approximate surface area is 118 Å². The maximum Gasteiger partial charge on any atom is 0.258 e. The van der Waals surface area contributed by atoms with Gasteiger partial charge in [-0.25, -0.2) is 9.97 Å². The van der Waals surface area contributed by atoms with Crippen LogP contribution in [0.4, 0.5) is 5.82 Å². The predicted molar refractivity (Wildman–Crippen MR) is 75.5 cm³/mol. The van der Waals surface area contributed by atoms with Crippen molar-refractivity contribution >= 4 is 27.8 Å². The van der Waals surface area contributed by atoms with Crippen molar-refractivity contribution in [2.75, 3.05) is 5.73 Å². The van der Waals surface area contributed by atoms with Crippen molar-refractivity contribution in [3.8, 4) is 5.88 Å². The molecule has 0 saturated heterocycles. The standard InChI is InChI=1S/C13H11BrN4O/c14-11-6-17-12(15)13(18-11)19-7-8-4-5-16-10-3-1-2-9(8)10/h1-2,4-6H,3,7H2,(H2,15,17). The third-order valence-corrected chi connectivity index (χ3v) is 3.24. The fourth-order valence-electron chi connectivity index (χ4n) is 1.96. The number of nitrogens with two attached hydrogens (primary N) is 1. The molecule has 0 atom stereocenters. The summed E-state index contributed by atoms with van der Waals surface area (Å²) in [5, 5.41) is 0. The molecule has 0 saturated carbocycles. The lowest BCUT2D eigenvalue weighted by molar-refractivity contribution is 0.293. The van der Waals surface area contributed by atoms with Gasteiger partial charge in [0.25, 0.3) is 5.88 Å². The number of pyridine rings is 1. The molecule has 0 bridgehead atoms. The van der Waals surface area contributed by atoms with Crippen LogP contribution in [0.5, 0.6) is 5.88 Å². The van der Waals surface area contributed by atoms with Gasteiger partial charge in [0.2, 0.25) is 0 Å². The van der Waals surface area contributed by atoms with Gasteiger partial charge >= 0.3 is 0 Å². The largest absolute Gasteiger partial charge is 0.470 e. The smallest absolute Gasteiger partial charge is 0.258 e. The number of halogens is 1. The average molecular weight is 319 g/mol. The Morgan fingerprint density at radius 3 is 3.16 bits per heavy atom. The summed E-state index contributed by atoms with van der Waals surface area (Å²) < 4.78 is 6.23. The number of nitrogen functional groups attached to an aromatic ring is 1. The zero-order valence-corrected chi connectivity index (χ0v) is 11.6. The highest BCUT2D eigenvalue weighted by Crippen LogP contribution is 2.24. The molecule has 0 amide bonds. The van der Waals surface area contributed by atoms with Crippen molar-refractivity contribution in [1.82, 2.24) is 15.0 Å². The van der Waals surface area contributed by atoms with Crippen LogP contribution in [0.1, 0.15) is 16.8 Å². The van der Waals surface area contributed by atoms with Crippen LogP contribution >= 0.6 is 15.9 Å². The minimum absolute atomic E-state index is 0.282. The fourth-order valence-corrected chi connectivity index (χ4v) is 2.22. The normalized spacial score (nSPS) is 12.5. The zero-order chi connectivity index (χ0) is 13.2. The molecule has 1 aliphatic rings. The minimum atomic E-state index is 0.282. The first-order valence-electron chi connectivity index (χ1n) is 5.78. The molecule has 2 aromatic rings. The molecular weight excluding hydrogens is 308 g/mol. The monoisotopic (exact) mass is 318 g/mol. The molecule has 3 rings (SSSR count). The first kappa shape index (κ1) is 12.1. The van der Waals surface area contributed by atoms with Crippen molar-refractivity contribution in [3.63, 3.8) is 0 Å². The SMILES string of the molecule is Nc1ncc(Br)nc1OCc1ccnc2c1C=CC2. The maximum absolute atomic E-state index is 5.72. The van der Waals surface area contributed by atoms with Crippen LogP contribution < -0.4 is 10.5 Å². The lowest BCUT2D eigenvalue weighted by Gasteiger charge is -2.10. The van der Waals surface area contributed by atoms with E-state index in [1.807, 2.05) is 6.07 Å². The van der Waals surface area contributed by atoms with Crippen molar-refractivity contribution in [3.05, 3.63) is 46.0 Å². The number of allylic oxidation sites excluding steroid dienone is 1. The second kappa shape index (κ2) is 4.97. The van der Waals surface area contributed by atoms with Crippen LogP contribution in [-0.4, -0.2) is 15.0 Å². The van der Waals surface area contributed by atoms with E-state index in [4.69, 9.17) is 10.5 Å². The van der Waals surface area contributed by atoms with Gasteiger partial charge < -0.3 is 10.5 Å². The van der Waals surface area contributed by atoms with E-state index >= 15 is 0 Å². The molecule has 2 aromatic heterocycles. The highest BCUT2D eigenvalue weighted by molar-refractivity contribution is 9.10. The van der Waals surface area contributed by atoms with Crippen LogP contribution in [-0.2, 0) is 13.0 Å². The molecule has 0 aromatic carbocycles. The Hall–Kier alpha value is -1.95. The van der Waals surface area contributed by atoms with Gasteiger partial charge in [-0.05, 0) is 27.6 Å². The summed E-state index contributed by atoms with van der Waals surface area (Å²) in [6.07, 6.45) is 8.36. The molecule has 19 heavy (non-hydrogen) atoms. The number of hydrogen-bond acceptors (Lipinski definition) is 5. The van der Waals surface area contributed by atoms with E-state index < -0.39 is 0 Å². The molecule has 2 heterocycles. The van der Waals surface area contributed by atoms with Gasteiger partial charge in [0.15, 0.2) is 5.82 Å². The Morgan fingerprint density at radius 2 is 2.26 bits per heavy atom. The molecule has 6 heteroatoms. The van der Waals surface area contributed by atoms with Crippen molar-refractivity contribution in [2.45, 2.75) is 13.0 Å². The number of hydrogen-bond donors (Lipinski definition) is 1. The maximum atomic E-state index is 5.72. The molecule has 0 fully saturated rings. The second-order valence-corrected chi connectivity index (χ2v) is 4.92. The van der Waals surface area contributed by atoms with Crippen molar-refractivity contribution < 1.29 is 4.74 Å². The number of anilines is 1. The number of ether oxygens (including phenoxy) is 1. The Bertz CT molecular complexity index is 657. The van der Waals surface area contributed by atoms with Crippen LogP contribution in [0.15, 0.2) is 29.1 Å². The Balaban J connectivity index is 1.82. The molecule has 1 aliphatic carbocycles. The first-order chi connectivity index (χ1) is 9.24. The Morgan fingerprint density at radius 1 is 1.37 bits per heavy atom. The van der Waals surface area contributed by atoms with Gasteiger partial charge in [-0.3, -0.25) is 4.98 Å². The van der Waals surface area contributed by atoms with E-state index in [-0.39, 0.29) is 5.82 Å². The molecule has 0 spiro atoms. The topological polar surface area (TPSA) is 73.9 Å². The van der Waals surface area contributed by atoms with Gasteiger partial charge in [-0.1, -0.05) is 12.2 Å². The van der Waals surface area contributed by atoms with E-state index in [0.717, 1.165) is 23.2 Å². The van der Waals surface area contributed by atoms with Crippen LogP contribution in [0.25, 0.3) is 6.08 Å². The summed E-state index contributed by atoms with van der Waals surface area (Å²) in [6.45, 7) is 0.393. The highest BCUT2D eigenvalue weighted by Gasteiger charge is 2.12. The number of aromatic nitrogens is 3. The minimum Gasteiger partial charge on any atom is -0.470 e. The van der Waals surface area contributed by atoms with E-state index in [0.29, 0.717) is 17.1 Å². The predicted octanol–water partition coefficient (Wildman–Crippen LogP) is 2.36. The Kier molecular flexibility index (Phi) is 3.16. The van der Waals surface area contributed by atoms with E-state index in [1.165, 1.54) is 6.20 Å². The summed E-state index contributed by atoms with van der Waals surface area (Å²) in [6, 6.07) is 1.94. The highest BCUT2D eigenvalue weighted by atomic mass is 79.9. The second-order valence-electron chi connectivity index (χ2n) is 4.11. The third-order valence-electron chi connectivity index (χ3n) is 2.86. The van der Waals surface area contributed by atoms with Gasteiger partial charge in [0.1, 0.15) is 11.2 Å². The lowest BCUT2D eigenvalue weighted by atomic mass is 10.1. The number of fused-ring (bicyclic) bond motifs is 1. The third kappa shape index (κ3) is 2.44. The van der Waals surface area contributed by atoms with Gasteiger partial charge in [-0.15, -0.1) is 0 Å². The molecule has 5 nitrogen and oxygen atoms in total. The lowest BCUT2D eigenvalue weighted by Crippen LogP contribution is -2.04. The molecule has 0 unspecified atom stereocenters.